The molecule has 0 saturated carbocycles. The van der Waals surface area contributed by atoms with Gasteiger partial charge in [-0.2, -0.15) is 0 Å². The Morgan fingerprint density at radius 3 is 2.61 bits per heavy atom. The minimum atomic E-state index is -0.541. The van der Waals surface area contributed by atoms with E-state index in [1.807, 2.05) is 36.6 Å². The van der Waals surface area contributed by atoms with Gasteiger partial charge < -0.3 is 5.11 Å². The second-order valence-corrected chi connectivity index (χ2v) is 5.25. The van der Waals surface area contributed by atoms with E-state index in [4.69, 9.17) is 11.6 Å². The van der Waals surface area contributed by atoms with Crippen molar-refractivity contribution in [1.29, 1.82) is 0 Å². The number of rotatable bonds is 4. The summed E-state index contributed by atoms with van der Waals surface area (Å²) in [6.45, 7) is 0. The maximum absolute atomic E-state index is 10.2. The van der Waals surface area contributed by atoms with Gasteiger partial charge in [-0.05, 0) is 35.6 Å². The van der Waals surface area contributed by atoms with Crippen LogP contribution in [0.4, 0.5) is 0 Å². The first kappa shape index (κ1) is 13.4. The van der Waals surface area contributed by atoms with Crippen LogP contribution in [0, 0.1) is 0 Å². The maximum Gasteiger partial charge on any atom is 0.0830 e. The SMILES string of the molecule is CSc1ccc(C(O)Cc2ccncc2Cl)cc1. The highest BCUT2D eigenvalue weighted by Crippen LogP contribution is 2.24. The third-order valence-electron chi connectivity index (χ3n) is 2.77. The van der Waals surface area contributed by atoms with E-state index in [-0.39, 0.29) is 0 Å². The number of thioether (sulfide) groups is 1. The molecular formula is C14H14ClNOS. The summed E-state index contributed by atoms with van der Waals surface area (Å²) in [5.41, 5.74) is 1.81. The first-order valence-electron chi connectivity index (χ1n) is 5.61. The van der Waals surface area contributed by atoms with E-state index in [2.05, 4.69) is 4.98 Å². The smallest absolute Gasteiger partial charge is 0.0830 e. The van der Waals surface area contributed by atoms with Crippen LogP contribution in [-0.2, 0) is 6.42 Å². The van der Waals surface area contributed by atoms with E-state index in [9.17, 15) is 5.11 Å². The normalized spacial score (nSPS) is 12.4. The molecule has 0 aliphatic rings. The lowest BCUT2D eigenvalue weighted by Gasteiger charge is -2.12. The van der Waals surface area contributed by atoms with Crippen LogP contribution in [0.1, 0.15) is 17.2 Å². The molecule has 1 atom stereocenters. The van der Waals surface area contributed by atoms with Crippen molar-refractivity contribution in [1.82, 2.24) is 4.98 Å². The zero-order valence-electron chi connectivity index (χ0n) is 10.0. The minimum Gasteiger partial charge on any atom is -0.388 e. The molecule has 0 fully saturated rings. The number of aromatic nitrogens is 1. The zero-order chi connectivity index (χ0) is 13.0. The predicted octanol–water partition coefficient (Wildman–Crippen LogP) is 3.73. The molecule has 2 rings (SSSR count). The van der Waals surface area contributed by atoms with Crippen molar-refractivity contribution < 1.29 is 5.11 Å². The minimum absolute atomic E-state index is 0.500. The first-order chi connectivity index (χ1) is 8.70. The van der Waals surface area contributed by atoms with E-state index in [0.29, 0.717) is 11.4 Å². The first-order valence-corrected chi connectivity index (χ1v) is 7.21. The van der Waals surface area contributed by atoms with Gasteiger partial charge in [0.05, 0.1) is 11.1 Å². The highest BCUT2D eigenvalue weighted by Gasteiger charge is 2.10. The third kappa shape index (κ3) is 3.25. The number of aliphatic hydroxyl groups excluding tert-OH is 1. The fraction of sp³-hybridized carbons (Fsp3) is 0.214. The van der Waals surface area contributed by atoms with E-state index in [0.717, 1.165) is 11.1 Å². The molecule has 1 aromatic carbocycles. The van der Waals surface area contributed by atoms with Crippen LogP contribution in [0.15, 0.2) is 47.6 Å². The number of halogens is 1. The fourth-order valence-corrected chi connectivity index (χ4v) is 2.33. The Morgan fingerprint density at radius 2 is 2.00 bits per heavy atom. The van der Waals surface area contributed by atoms with Crippen LogP contribution in [0.2, 0.25) is 5.02 Å². The zero-order valence-corrected chi connectivity index (χ0v) is 11.6. The van der Waals surface area contributed by atoms with Gasteiger partial charge >= 0.3 is 0 Å². The second kappa shape index (κ2) is 6.23. The van der Waals surface area contributed by atoms with Gasteiger partial charge in [-0.3, -0.25) is 4.98 Å². The largest absolute Gasteiger partial charge is 0.388 e. The van der Waals surface area contributed by atoms with Crippen molar-refractivity contribution in [3.8, 4) is 0 Å². The van der Waals surface area contributed by atoms with Gasteiger partial charge in [-0.25, -0.2) is 0 Å². The molecule has 0 amide bonds. The highest BCUT2D eigenvalue weighted by molar-refractivity contribution is 7.98. The van der Waals surface area contributed by atoms with Crippen LogP contribution < -0.4 is 0 Å². The van der Waals surface area contributed by atoms with Crippen LogP contribution in [0.25, 0.3) is 0 Å². The standard InChI is InChI=1S/C14H14ClNOS/c1-18-12-4-2-10(3-5-12)14(17)8-11-6-7-16-9-13(11)15/h2-7,9,14,17H,8H2,1H3. The molecule has 0 saturated heterocycles. The molecule has 0 aliphatic heterocycles. The van der Waals surface area contributed by atoms with Crippen LogP contribution in [0.5, 0.6) is 0 Å². The predicted molar refractivity (Wildman–Crippen MR) is 76.1 cm³/mol. The molecule has 18 heavy (non-hydrogen) atoms. The summed E-state index contributed by atoms with van der Waals surface area (Å²) in [6.07, 6.45) is 5.27. The number of benzene rings is 1. The summed E-state index contributed by atoms with van der Waals surface area (Å²) in [6, 6.07) is 9.76. The molecule has 1 unspecified atom stereocenters. The van der Waals surface area contributed by atoms with Gasteiger partial charge in [-0.15, -0.1) is 11.8 Å². The Kier molecular flexibility index (Phi) is 4.64. The van der Waals surface area contributed by atoms with Gasteiger partial charge in [0.25, 0.3) is 0 Å². The second-order valence-electron chi connectivity index (χ2n) is 3.96. The Morgan fingerprint density at radius 1 is 1.28 bits per heavy atom. The monoisotopic (exact) mass is 279 g/mol. The number of aliphatic hydroxyl groups is 1. The van der Waals surface area contributed by atoms with Crippen molar-refractivity contribution >= 4 is 23.4 Å². The van der Waals surface area contributed by atoms with Gasteiger partial charge in [0.2, 0.25) is 0 Å². The molecule has 2 nitrogen and oxygen atoms in total. The van der Waals surface area contributed by atoms with Crippen LogP contribution in [0.3, 0.4) is 0 Å². The number of nitrogens with zero attached hydrogens (tertiary/aromatic N) is 1. The average Bonchev–Trinajstić information content (AvgIpc) is 2.41. The number of hydrogen-bond donors (Lipinski definition) is 1. The Bertz CT molecular complexity index is 515. The molecule has 0 aliphatic carbocycles. The summed E-state index contributed by atoms with van der Waals surface area (Å²) in [5, 5.41) is 10.8. The lowest BCUT2D eigenvalue weighted by molar-refractivity contribution is 0.178. The fourth-order valence-electron chi connectivity index (χ4n) is 1.72. The molecular weight excluding hydrogens is 266 g/mol. The molecule has 94 valence electrons. The maximum atomic E-state index is 10.2. The van der Waals surface area contributed by atoms with Crippen LogP contribution >= 0.6 is 23.4 Å². The van der Waals surface area contributed by atoms with E-state index in [1.54, 1.807) is 24.2 Å². The topological polar surface area (TPSA) is 33.1 Å². The van der Waals surface area contributed by atoms with E-state index < -0.39 is 6.10 Å². The van der Waals surface area contributed by atoms with Crippen LogP contribution in [-0.4, -0.2) is 16.3 Å². The number of hydrogen-bond acceptors (Lipinski definition) is 3. The summed E-state index contributed by atoms with van der Waals surface area (Å²) in [7, 11) is 0. The molecule has 0 spiro atoms. The van der Waals surface area contributed by atoms with Crippen molar-refractivity contribution in [2.24, 2.45) is 0 Å². The van der Waals surface area contributed by atoms with E-state index >= 15 is 0 Å². The van der Waals surface area contributed by atoms with Crippen molar-refractivity contribution in [3.63, 3.8) is 0 Å². The quantitative estimate of drug-likeness (QED) is 0.866. The van der Waals surface area contributed by atoms with Crippen molar-refractivity contribution in [3.05, 3.63) is 58.9 Å². The summed E-state index contributed by atoms with van der Waals surface area (Å²) in [5.74, 6) is 0. The Balaban J connectivity index is 2.11. The lowest BCUT2D eigenvalue weighted by Crippen LogP contribution is -2.02. The van der Waals surface area contributed by atoms with Gasteiger partial charge in [-0.1, -0.05) is 23.7 Å². The Hall–Kier alpha value is -1.03. The summed E-state index contributed by atoms with van der Waals surface area (Å²) in [4.78, 5) is 5.12. The van der Waals surface area contributed by atoms with Crippen molar-refractivity contribution in [2.45, 2.75) is 17.4 Å². The lowest BCUT2D eigenvalue weighted by atomic mass is 10.0. The molecule has 0 bridgehead atoms. The van der Waals surface area contributed by atoms with Gasteiger partial charge in [0.15, 0.2) is 0 Å². The average molecular weight is 280 g/mol. The molecule has 4 heteroatoms. The summed E-state index contributed by atoms with van der Waals surface area (Å²) >= 11 is 7.71. The molecule has 2 aromatic rings. The Labute approximate surface area is 116 Å². The molecule has 1 heterocycles. The number of pyridine rings is 1. The highest BCUT2D eigenvalue weighted by atomic mass is 35.5. The molecule has 1 aromatic heterocycles. The summed E-state index contributed by atoms with van der Waals surface area (Å²) < 4.78 is 0. The van der Waals surface area contributed by atoms with E-state index in [1.165, 1.54) is 4.90 Å². The van der Waals surface area contributed by atoms with Crippen molar-refractivity contribution in [2.75, 3.05) is 6.26 Å². The molecule has 0 radical (unpaired) electrons. The van der Waals surface area contributed by atoms with Gasteiger partial charge in [0, 0.05) is 23.7 Å². The van der Waals surface area contributed by atoms with Gasteiger partial charge in [0.1, 0.15) is 0 Å². The molecule has 1 N–H and O–H groups in total. The third-order valence-corrected chi connectivity index (χ3v) is 3.85.